The van der Waals surface area contributed by atoms with Crippen LogP contribution in [0.15, 0.2) is 54.6 Å². The normalized spacial score (nSPS) is 28.5. The summed E-state index contributed by atoms with van der Waals surface area (Å²) in [4.78, 5) is 40.8. The van der Waals surface area contributed by atoms with Gasteiger partial charge in [0.25, 0.3) is 0 Å². The van der Waals surface area contributed by atoms with Crippen LogP contribution in [-0.4, -0.2) is 42.1 Å². The number of benzene rings is 2. The molecule has 7 nitrogen and oxygen atoms in total. The predicted molar refractivity (Wildman–Crippen MR) is 104 cm³/mol. The molecule has 0 bridgehead atoms. The minimum absolute atomic E-state index is 0.366. The first kappa shape index (κ1) is 19.3. The molecule has 4 rings (SSSR count). The molecule has 0 saturated carbocycles. The summed E-state index contributed by atoms with van der Waals surface area (Å²) in [5, 5.41) is 11.9. The lowest BCUT2D eigenvalue weighted by Crippen LogP contribution is -2.99. The van der Waals surface area contributed by atoms with Gasteiger partial charge < -0.3 is 15.2 Å². The number of ether oxygens (including phenoxy) is 1. The number of nitrogens with zero attached hydrogens (tertiary/aromatic N) is 1. The number of methoxy groups -OCH3 is 1. The summed E-state index contributed by atoms with van der Waals surface area (Å²) in [5.74, 6) is -3.36. The SMILES string of the molecule is COC(=O)[C@@]1(CO)[NH2+][C@@H](c2ccccc2C)[C@@H]2C(=O)N(c3ccccc3)C(=O)[C@H]21. The number of esters is 1. The molecular formula is C22H23N2O5+. The molecule has 0 aromatic heterocycles. The quantitative estimate of drug-likeness (QED) is 0.574. The van der Waals surface area contributed by atoms with Crippen molar-refractivity contribution in [3.05, 3.63) is 65.7 Å². The highest BCUT2D eigenvalue weighted by Crippen LogP contribution is 2.46. The third kappa shape index (κ3) is 2.69. The van der Waals surface area contributed by atoms with Crippen LogP contribution in [0.4, 0.5) is 5.69 Å². The highest BCUT2D eigenvalue weighted by atomic mass is 16.5. The molecule has 2 aliphatic rings. The molecule has 0 aliphatic carbocycles. The lowest BCUT2D eigenvalue weighted by atomic mass is 9.79. The lowest BCUT2D eigenvalue weighted by Gasteiger charge is -2.27. The molecule has 2 amide bonds. The van der Waals surface area contributed by atoms with E-state index in [2.05, 4.69) is 0 Å². The topological polar surface area (TPSA) is 101 Å². The molecule has 3 N–H and O–H groups in total. The molecule has 0 unspecified atom stereocenters. The third-order valence-corrected chi connectivity index (χ3v) is 6.16. The molecule has 4 atom stereocenters. The number of aliphatic hydroxyl groups is 1. The van der Waals surface area contributed by atoms with Crippen molar-refractivity contribution in [2.45, 2.75) is 18.5 Å². The zero-order chi connectivity index (χ0) is 20.8. The Bertz CT molecular complexity index is 976. The Morgan fingerprint density at radius 3 is 2.38 bits per heavy atom. The van der Waals surface area contributed by atoms with Gasteiger partial charge in [0.1, 0.15) is 24.5 Å². The van der Waals surface area contributed by atoms with Crippen LogP contribution in [-0.2, 0) is 19.1 Å². The van der Waals surface area contributed by atoms with Gasteiger partial charge in [-0.15, -0.1) is 0 Å². The number of fused-ring (bicyclic) bond motifs is 1. The van der Waals surface area contributed by atoms with Crippen LogP contribution in [0.25, 0.3) is 0 Å². The van der Waals surface area contributed by atoms with Gasteiger partial charge in [0.15, 0.2) is 0 Å². The molecule has 0 spiro atoms. The van der Waals surface area contributed by atoms with E-state index in [0.717, 1.165) is 16.0 Å². The fourth-order valence-electron chi connectivity index (χ4n) is 4.80. The molecule has 2 heterocycles. The molecule has 7 heteroatoms. The van der Waals surface area contributed by atoms with Crippen LogP contribution in [0, 0.1) is 18.8 Å². The summed E-state index contributed by atoms with van der Waals surface area (Å²) in [6.07, 6.45) is 0. The summed E-state index contributed by atoms with van der Waals surface area (Å²) in [5.41, 5.74) is 0.697. The van der Waals surface area contributed by atoms with E-state index in [0.29, 0.717) is 5.69 Å². The zero-order valence-corrected chi connectivity index (χ0v) is 16.2. The fraction of sp³-hybridized carbons (Fsp3) is 0.318. The van der Waals surface area contributed by atoms with Crippen molar-refractivity contribution < 1.29 is 29.5 Å². The van der Waals surface area contributed by atoms with Gasteiger partial charge in [0.2, 0.25) is 17.4 Å². The van der Waals surface area contributed by atoms with Gasteiger partial charge in [0, 0.05) is 5.56 Å². The number of carbonyl (C=O) groups is 3. The monoisotopic (exact) mass is 395 g/mol. The van der Waals surface area contributed by atoms with Gasteiger partial charge in [-0.1, -0.05) is 42.5 Å². The van der Waals surface area contributed by atoms with Gasteiger partial charge in [-0.05, 0) is 24.6 Å². The highest BCUT2D eigenvalue weighted by molar-refractivity contribution is 6.23. The van der Waals surface area contributed by atoms with Crippen molar-refractivity contribution in [2.24, 2.45) is 11.8 Å². The van der Waals surface area contributed by atoms with Crippen molar-refractivity contribution in [2.75, 3.05) is 18.6 Å². The van der Waals surface area contributed by atoms with Crippen molar-refractivity contribution >= 4 is 23.5 Å². The Balaban J connectivity index is 1.88. The number of hydrogen-bond donors (Lipinski definition) is 2. The number of aryl methyl sites for hydroxylation is 1. The summed E-state index contributed by atoms with van der Waals surface area (Å²) in [6.45, 7) is 1.32. The average Bonchev–Trinajstić information content (AvgIpc) is 3.23. The van der Waals surface area contributed by atoms with E-state index in [4.69, 9.17) is 4.74 Å². The number of rotatable bonds is 4. The zero-order valence-electron chi connectivity index (χ0n) is 16.2. The summed E-state index contributed by atoms with van der Waals surface area (Å²) < 4.78 is 4.96. The van der Waals surface area contributed by atoms with Gasteiger partial charge in [-0.2, -0.15) is 0 Å². The average molecular weight is 395 g/mol. The summed E-state index contributed by atoms with van der Waals surface area (Å²) in [7, 11) is 1.22. The fourth-order valence-corrected chi connectivity index (χ4v) is 4.80. The summed E-state index contributed by atoms with van der Waals surface area (Å²) >= 11 is 0. The highest BCUT2D eigenvalue weighted by Gasteiger charge is 2.72. The Kier molecular flexibility index (Phi) is 4.72. The van der Waals surface area contributed by atoms with E-state index in [1.807, 2.05) is 31.2 Å². The third-order valence-electron chi connectivity index (χ3n) is 6.16. The van der Waals surface area contributed by atoms with Crippen LogP contribution in [0.2, 0.25) is 0 Å². The second-order valence-corrected chi connectivity index (χ2v) is 7.59. The second kappa shape index (κ2) is 7.09. The van der Waals surface area contributed by atoms with Crippen molar-refractivity contribution in [1.82, 2.24) is 0 Å². The molecule has 2 aliphatic heterocycles. The number of hydrogen-bond acceptors (Lipinski definition) is 5. The van der Waals surface area contributed by atoms with Crippen molar-refractivity contribution in [1.29, 1.82) is 0 Å². The summed E-state index contributed by atoms with van der Waals surface area (Å²) in [6, 6.07) is 15.7. The van der Waals surface area contributed by atoms with Crippen LogP contribution in [0.3, 0.4) is 0 Å². The first-order valence-corrected chi connectivity index (χ1v) is 9.50. The van der Waals surface area contributed by atoms with Crippen molar-refractivity contribution in [3.8, 4) is 0 Å². The maximum atomic E-state index is 13.5. The molecular weight excluding hydrogens is 372 g/mol. The predicted octanol–water partition coefficient (Wildman–Crippen LogP) is 0.323. The lowest BCUT2D eigenvalue weighted by molar-refractivity contribution is -0.735. The van der Waals surface area contributed by atoms with Gasteiger partial charge in [-0.3, -0.25) is 9.59 Å². The number of anilines is 1. The number of para-hydroxylation sites is 1. The Labute approximate surface area is 168 Å². The Hall–Kier alpha value is -3.03. The van der Waals surface area contributed by atoms with Crippen LogP contribution < -0.4 is 10.2 Å². The second-order valence-electron chi connectivity index (χ2n) is 7.59. The maximum absolute atomic E-state index is 13.5. The van der Waals surface area contributed by atoms with E-state index >= 15 is 0 Å². The molecule has 0 radical (unpaired) electrons. The minimum Gasteiger partial charge on any atom is -0.464 e. The first-order chi connectivity index (χ1) is 14.0. The van der Waals surface area contributed by atoms with Gasteiger partial charge >= 0.3 is 5.97 Å². The van der Waals surface area contributed by atoms with E-state index in [9.17, 15) is 19.5 Å². The number of aliphatic hydroxyl groups excluding tert-OH is 1. The smallest absolute Gasteiger partial charge is 0.371 e. The Morgan fingerprint density at radius 2 is 1.76 bits per heavy atom. The number of nitrogens with two attached hydrogens (primary N) is 1. The number of amides is 2. The van der Waals surface area contributed by atoms with Crippen molar-refractivity contribution in [3.63, 3.8) is 0 Å². The molecule has 150 valence electrons. The van der Waals surface area contributed by atoms with Crippen LogP contribution in [0.5, 0.6) is 0 Å². The van der Waals surface area contributed by atoms with E-state index < -0.39 is 41.9 Å². The largest absolute Gasteiger partial charge is 0.464 e. The molecule has 2 aromatic rings. The Morgan fingerprint density at radius 1 is 1.10 bits per heavy atom. The first-order valence-electron chi connectivity index (χ1n) is 9.50. The molecule has 2 aromatic carbocycles. The molecule has 29 heavy (non-hydrogen) atoms. The van der Waals surface area contributed by atoms with E-state index in [1.54, 1.807) is 35.6 Å². The number of imide groups is 1. The number of carbonyl (C=O) groups excluding carboxylic acids is 3. The van der Waals surface area contributed by atoms with Crippen LogP contribution in [0.1, 0.15) is 17.2 Å². The van der Waals surface area contributed by atoms with E-state index in [1.165, 1.54) is 7.11 Å². The maximum Gasteiger partial charge on any atom is 0.371 e. The molecule has 2 fully saturated rings. The van der Waals surface area contributed by atoms with Gasteiger partial charge in [0.05, 0.1) is 12.8 Å². The minimum atomic E-state index is -1.57. The van der Waals surface area contributed by atoms with Gasteiger partial charge in [-0.25, -0.2) is 9.69 Å². The van der Waals surface area contributed by atoms with E-state index in [-0.39, 0.29) is 5.91 Å². The molecule has 2 saturated heterocycles. The standard InChI is InChI=1S/C22H22N2O5/c1-13-8-6-7-11-15(13)18-16-17(22(12-25,23-18)21(28)29-2)20(27)24(19(16)26)14-9-4-3-5-10-14/h3-11,16-18,23,25H,12H2,1-2H3/p+1/t16-,17+,18+,22+/m1/s1. The van der Waals surface area contributed by atoms with Crippen LogP contribution >= 0.6 is 0 Å². The number of quaternary nitrogens is 1.